The van der Waals surface area contributed by atoms with E-state index in [1.165, 1.54) is 24.6 Å². The first-order chi connectivity index (χ1) is 9.06. The first-order valence-electron chi connectivity index (χ1n) is 5.58. The van der Waals surface area contributed by atoms with Crippen LogP contribution in [0.25, 0.3) is 0 Å². The summed E-state index contributed by atoms with van der Waals surface area (Å²) in [5, 5.41) is 11.5. The maximum absolute atomic E-state index is 11.7. The second kappa shape index (κ2) is 5.34. The monoisotopic (exact) mass is 260 g/mol. The van der Waals surface area contributed by atoms with Gasteiger partial charge in [0.15, 0.2) is 0 Å². The molecule has 0 saturated heterocycles. The Bertz CT molecular complexity index is 619. The topological polar surface area (TPSA) is 92.4 Å². The van der Waals surface area contributed by atoms with Crippen molar-refractivity contribution in [1.82, 2.24) is 10.3 Å². The molecule has 98 valence electrons. The molecule has 2 aromatic heterocycles. The Kier molecular flexibility index (Phi) is 3.61. The molecule has 6 heteroatoms. The molecule has 2 rings (SSSR count). The van der Waals surface area contributed by atoms with E-state index in [-0.39, 0.29) is 18.0 Å². The lowest BCUT2D eigenvalue weighted by Crippen LogP contribution is -2.23. The summed E-state index contributed by atoms with van der Waals surface area (Å²) in [6.07, 6.45) is 2.76. The zero-order valence-electron chi connectivity index (χ0n) is 10.2. The van der Waals surface area contributed by atoms with Gasteiger partial charge in [0.25, 0.3) is 5.91 Å². The third-order valence-corrected chi connectivity index (χ3v) is 2.49. The number of carboxylic acid groups (broad SMARTS) is 1. The van der Waals surface area contributed by atoms with Crippen molar-refractivity contribution in [1.29, 1.82) is 0 Å². The Hall–Kier alpha value is -2.63. The summed E-state index contributed by atoms with van der Waals surface area (Å²) in [5.41, 5.74) is 1.04. The second-order valence-electron chi connectivity index (χ2n) is 3.97. The van der Waals surface area contributed by atoms with Gasteiger partial charge in [-0.1, -0.05) is 0 Å². The van der Waals surface area contributed by atoms with Crippen LogP contribution in [-0.2, 0) is 6.54 Å². The Balaban J connectivity index is 2.01. The minimum Gasteiger partial charge on any atom is -0.478 e. The van der Waals surface area contributed by atoms with Gasteiger partial charge in [0, 0.05) is 6.20 Å². The summed E-state index contributed by atoms with van der Waals surface area (Å²) in [4.78, 5) is 26.5. The molecule has 0 saturated carbocycles. The first kappa shape index (κ1) is 12.8. The summed E-state index contributed by atoms with van der Waals surface area (Å²) < 4.78 is 5.03. The summed E-state index contributed by atoms with van der Waals surface area (Å²) in [6, 6.07) is 4.44. The SMILES string of the molecule is Cc1cc(C(=O)NCc2cc(C(=O)O)ccn2)co1. The number of hydrogen-bond donors (Lipinski definition) is 2. The van der Waals surface area contributed by atoms with Crippen LogP contribution in [0.3, 0.4) is 0 Å². The van der Waals surface area contributed by atoms with Gasteiger partial charge in [-0.05, 0) is 25.1 Å². The van der Waals surface area contributed by atoms with E-state index in [9.17, 15) is 9.59 Å². The number of aryl methyl sites for hydroxylation is 1. The minimum absolute atomic E-state index is 0.137. The third-order valence-electron chi connectivity index (χ3n) is 2.49. The Morgan fingerprint density at radius 3 is 2.79 bits per heavy atom. The highest BCUT2D eigenvalue weighted by Crippen LogP contribution is 2.07. The normalized spacial score (nSPS) is 10.2. The van der Waals surface area contributed by atoms with E-state index in [2.05, 4.69) is 10.3 Å². The molecule has 2 heterocycles. The van der Waals surface area contributed by atoms with Crippen molar-refractivity contribution >= 4 is 11.9 Å². The van der Waals surface area contributed by atoms with Crippen LogP contribution in [0.2, 0.25) is 0 Å². The molecule has 1 amide bonds. The van der Waals surface area contributed by atoms with Crippen molar-refractivity contribution in [3.63, 3.8) is 0 Å². The van der Waals surface area contributed by atoms with Gasteiger partial charge < -0.3 is 14.8 Å². The number of rotatable bonds is 4. The van der Waals surface area contributed by atoms with Gasteiger partial charge in [-0.3, -0.25) is 9.78 Å². The quantitative estimate of drug-likeness (QED) is 0.871. The van der Waals surface area contributed by atoms with Gasteiger partial charge in [-0.15, -0.1) is 0 Å². The molecule has 0 atom stereocenters. The predicted molar refractivity (Wildman–Crippen MR) is 65.8 cm³/mol. The van der Waals surface area contributed by atoms with Gasteiger partial charge in [0.2, 0.25) is 0 Å². The number of aromatic nitrogens is 1. The average molecular weight is 260 g/mol. The fraction of sp³-hybridized carbons (Fsp3) is 0.154. The number of carbonyl (C=O) groups is 2. The van der Waals surface area contributed by atoms with Crippen molar-refractivity contribution < 1.29 is 19.1 Å². The minimum atomic E-state index is -1.03. The molecular formula is C13H12N2O4. The number of furan rings is 1. The van der Waals surface area contributed by atoms with Crippen molar-refractivity contribution in [3.05, 3.63) is 53.2 Å². The zero-order valence-corrected chi connectivity index (χ0v) is 10.2. The Morgan fingerprint density at radius 2 is 2.16 bits per heavy atom. The lowest BCUT2D eigenvalue weighted by molar-refractivity contribution is 0.0696. The molecule has 0 bridgehead atoms. The van der Waals surface area contributed by atoms with E-state index in [1.54, 1.807) is 13.0 Å². The molecule has 0 unspecified atom stereocenters. The fourth-order valence-electron chi connectivity index (χ4n) is 1.54. The number of pyridine rings is 1. The lowest BCUT2D eigenvalue weighted by Gasteiger charge is -2.03. The van der Waals surface area contributed by atoms with Gasteiger partial charge >= 0.3 is 5.97 Å². The number of aromatic carboxylic acids is 1. The molecule has 0 aromatic carbocycles. The second-order valence-corrected chi connectivity index (χ2v) is 3.97. The largest absolute Gasteiger partial charge is 0.478 e. The number of hydrogen-bond acceptors (Lipinski definition) is 4. The van der Waals surface area contributed by atoms with Crippen LogP contribution < -0.4 is 5.32 Å². The van der Waals surface area contributed by atoms with Crippen molar-refractivity contribution in [2.45, 2.75) is 13.5 Å². The van der Waals surface area contributed by atoms with Gasteiger partial charge in [0.05, 0.1) is 23.4 Å². The predicted octanol–water partition coefficient (Wildman–Crippen LogP) is 1.61. The molecule has 0 radical (unpaired) electrons. The summed E-state index contributed by atoms with van der Waals surface area (Å²) in [5.74, 6) is -0.670. The maximum atomic E-state index is 11.7. The van der Waals surface area contributed by atoms with Crippen LogP contribution >= 0.6 is 0 Å². The molecule has 6 nitrogen and oxygen atoms in total. The number of nitrogens with zero attached hydrogens (tertiary/aromatic N) is 1. The van der Waals surface area contributed by atoms with Gasteiger partial charge in [-0.2, -0.15) is 0 Å². The van der Waals surface area contributed by atoms with Gasteiger partial charge in [0.1, 0.15) is 12.0 Å². The number of nitrogens with one attached hydrogen (secondary N) is 1. The summed E-state index contributed by atoms with van der Waals surface area (Å²) in [7, 11) is 0. The molecule has 2 aromatic rings. The highest BCUT2D eigenvalue weighted by Gasteiger charge is 2.09. The number of carbonyl (C=O) groups excluding carboxylic acids is 1. The number of amides is 1. The fourth-order valence-corrected chi connectivity index (χ4v) is 1.54. The van der Waals surface area contributed by atoms with Crippen LogP contribution in [0.1, 0.15) is 32.2 Å². The van der Waals surface area contributed by atoms with Crippen molar-refractivity contribution in [2.75, 3.05) is 0 Å². The van der Waals surface area contributed by atoms with Crippen LogP contribution in [0.5, 0.6) is 0 Å². The molecule has 2 N–H and O–H groups in total. The molecular weight excluding hydrogens is 248 g/mol. The van der Waals surface area contributed by atoms with E-state index in [1.807, 2.05) is 0 Å². The smallest absolute Gasteiger partial charge is 0.335 e. The Morgan fingerprint density at radius 1 is 1.37 bits per heavy atom. The van der Waals surface area contributed by atoms with Crippen LogP contribution in [-0.4, -0.2) is 22.0 Å². The summed E-state index contributed by atoms with van der Waals surface area (Å²) in [6.45, 7) is 1.90. The van der Waals surface area contributed by atoms with Crippen molar-refractivity contribution in [3.8, 4) is 0 Å². The molecule has 0 aliphatic rings. The van der Waals surface area contributed by atoms with E-state index < -0.39 is 5.97 Å². The first-order valence-corrected chi connectivity index (χ1v) is 5.58. The van der Waals surface area contributed by atoms with E-state index in [0.717, 1.165) is 0 Å². The standard InChI is InChI=1S/C13H12N2O4/c1-8-4-10(7-19-8)12(16)15-6-11-5-9(13(17)18)2-3-14-11/h2-5,7H,6H2,1H3,(H,15,16)(H,17,18). The highest BCUT2D eigenvalue weighted by atomic mass is 16.4. The van der Waals surface area contributed by atoms with Gasteiger partial charge in [-0.25, -0.2) is 4.79 Å². The zero-order chi connectivity index (χ0) is 13.8. The molecule has 0 fully saturated rings. The van der Waals surface area contributed by atoms with Crippen LogP contribution in [0.15, 0.2) is 35.1 Å². The Labute approximate surface area is 109 Å². The molecule has 0 aliphatic heterocycles. The van der Waals surface area contributed by atoms with Crippen LogP contribution in [0.4, 0.5) is 0 Å². The van der Waals surface area contributed by atoms with Crippen LogP contribution in [0, 0.1) is 6.92 Å². The average Bonchev–Trinajstić information content (AvgIpc) is 2.83. The van der Waals surface area contributed by atoms with E-state index in [0.29, 0.717) is 17.0 Å². The van der Waals surface area contributed by atoms with Crippen molar-refractivity contribution in [2.24, 2.45) is 0 Å². The third kappa shape index (κ3) is 3.19. The molecule has 0 spiro atoms. The molecule has 0 aliphatic carbocycles. The number of carboxylic acids is 1. The summed E-state index contributed by atoms with van der Waals surface area (Å²) >= 11 is 0. The van der Waals surface area contributed by atoms with E-state index >= 15 is 0 Å². The maximum Gasteiger partial charge on any atom is 0.335 e. The molecule has 19 heavy (non-hydrogen) atoms. The van der Waals surface area contributed by atoms with E-state index in [4.69, 9.17) is 9.52 Å². The highest BCUT2D eigenvalue weighted by molar-refractivity contribution is 5.94. The lowest BCUT2D eigenvalue weighted by atomic mass is 10.2.